The Hall–Kier alpha value is -1.75. The smallest absolute Gasteiger partial charge is 0.307 e. The molecular formula is C15H19NO4. The van der Waals surface area contributed by atoms with E-state index < -0.39 is 5.97 Å². The minimum Gasteiger partial charge on any atom is -0.481 e. The van der Waals surface area contributed by atoms with Crippen molar-refractivity contribution in [2.45, 2.75) is 19.9 Å². The summed E-state index contributed by atoms with van der Waals surface area (Å²) in [6.45, 7) is 4.61. The van der Waals surface area contributed by atoms with Crippen LogP contribution in [0.5, 0.6) is 11.5 Å². The van der Waals surface area contributed by atoms with Gasteiger partial charge in [0.05, 0.1) is 5.92 Å². The molecule has 0 aromatic heterocycles. The Morgan fingerprint density at radius 3 is 3.05 bits per heavy atom. The molecule has 0 aliphatic carbocycles. The van der Waals surface area contributed by atoms with Crippen LogP contribution in [0.15, 0.2) is 18.2 Å². The van der Waals surface area contributed by atoms with Gasteiger partial charge in [0, 0.05) is 25.2 Å². The molecule has 1 aromatic carbocycles. The van der Waals surface area contributed by atoms with E-state index in [-0.39, 0.29) is 12.7 Å². The Morgan fingerprint density at radius 1 is 1.40 bits per heavy atom. The van der Waals surface area contributed by atoms with Crippen LogP contribution >= 0.6 is 0 Å². The molecule has 3 rings (SSSR count). The molecule has 2 atom stereocenters. The lowest BCUT2D eigenvalue weighted by molar-refractivity contribution is -0.144. The van der Waals surface area contributed by atoms with Crippen LogP contribution in [-0.2, 0) is 11.3 Å². The number of para-hydroxylation sites is 1. The van der Waals surface area contributed by atoms with Crippen LogP contribution in [0.4, 0.5) is 0 Å². The number of rotatable bonds is 3. The summed E-state index contributed by atoms with van der Waals surface area (Å²) in [4.78, 5) is 13.4. The summed E-state index contributed by atoms with van der Waals surface area (Å²) in [6.07, 6.45) is 0.762. The quantitative estimate of drug-likeness (QED) is 0.915. The highest BCUT2D eigenvalue weighted by Crippen LogP contribution is 2.36. The molecule has 0 radical (unpaired) electrons. The van der Waals surface area contributed by atoms with Crippen molar-refractivity contribution in [1.29, 1.82) is 0 Å². The van der Waals surface area contributed by atoms with Gasteiger partial charge in [-0.1, -0.05) is 19.1 Å². The molecular weight excluding hydrogens is 258 g/mol. The molecule has 1 fully saturated rings. The fraction of sp³-hybridized carbons (Fsp3) is 0.533. The van der Waals surface area contributed by atoms with Gasteiger partial charge in [-0.15, -0.1) is 0 Å². The molecule has 1 saturated heterocycles. The third-order valence-electron chi connectivity index (χ3n) is 3.96. The van der Waals surface area contributed by atoms with E-state index in [1.165, 1.54) is 0 Å². The molecule has 0 bridgehead atoms. The van der Waals surface area contributed by atoms with Gasteiger partial charge in [-0.25, -0.2) is 0 Å². The zero-order chi connectivity index (χ0) is 14.1. The third kappa shape index (κ3) is 2.58. The van der Waals surface area contributed by atoms with Crippen molar-refractivity contribution in [3.05, 3.63) is 23.8 Å². The minimum absolute atomic E-state index is 0.264. The topological polar surface area (TPSA) is 59.0 Å². The van der Waals surface area contributed by atoms with Gasteiger partial charge in [0.25, 0.3) is 0 Å². The second-order valence-corrected chi connectivity index (χ2v) is 5.72. The molecule has 0 saturated carbocycles. The number of fused-ring (bicyclic) bond motifs is 1. The average molecular weight is 277 g/mol. The van der Waals surface area contributed by atoms with E-state index >= 15 is 0 Å². The van der Waals surface area contributed by atoms with E-state index in [2.05, 4.69) is 11.8 Å². The largest absolute Gasteiger partial charge is 0.481 e. The summed E-state index contributed by atoms with van der Waals surface area (Å²) in [5, 5.41) is 9.22. The molecule has 2 aliphatic heterocycles. The van der Waals surface area contributed by atoms with Crippen molar-refractivity contribution in [1.82, 2.24) is 4.90 Å². The number of aliphatic carboxylic acids is 1. The van der Waals surface area contributed by atoms with E-state index in [1.54, 1.807) is 0 Å². The zero-order valence-corrected chi connectivity index (χ0v) is 11.5. The van der Waals surface area contributed by atoms with Crippen LogP contribution in [-0.4, -0.2) is 35.9 Å². The predicted molar refractivity (Wildman–Crippen MR) is 72.7 cm³/mol. The first-order chi connectivity index (χ1) is 9.63. The number of hydrogen-bond donors (Lipinski definition) is 1. The number of ether oxygens (including phenoxy) is 2. The van der Waals surface area contributed by atoms with Crippen molar-refractivity contribution in [2.75, 3.05) is 19.9 Å². The number of carbonyl (C=O) groups is 1. The molecule has 2 heterocycles. The maximum atomic E-state index is 11.2. The molecule has 5 heteroatoms. The summed E-state index contributed by atoms with van der Waals surface area (Å²) in [5.74, 6) is 1.02. The summed E-state index contributed by atoms with van der Waals surface area (Å²) in [5.41, 5.74) is 1.07. The lowest BCUT2D eigenvalue weighted by Crippen LogP contribution is -2.41. The van der Waals surface area contributed by atoms with E-state index in [4.69, 9.17) is 9.47 Å². The summed E-state index contributed by atoms with van der Waals surface area (Å²) >= 11 is 0. The maximum Gasteiger partial charge on any atom is 0.307 e. The number of carboxylic acids is 1. The van der Waals surface area contributed by atoms with Crippen LogP contribution in [0.3, 0.4) is 0 Å². The van der Waals surface area contributed by atoms with E-state index in [0.717, 1.165) is 30.0 Å². The van der Waals surface area contributed by atoms with Crippen LogP contribution in [0, 0.1) is 11.8 Å². The second kappa shape index (κ2) is 5.32. The summed E-state index contributed by atoms with van der Waals surface area (Å²) in [7, 11) is 0. The highest BCUT2D eigenvalue weighted by Gasteiger charge is 2.30. The summed E-state index contributed by atoms with van der Waals surface area (Å²) < 4.78 is 10.9. The van der Waals surface area contributed by atoms with Gasteiger partial charge in [0.15, 0.2) is 11.5 Å². The number of carboxylic acid groups (broad SMARTS) is 1. The number of piperidine rings is 1. The highest BCUT2D eigenvalue weighted by atomic mass is 16.7. The normalized spacial score (nSPS) is 25.6. The Balaban J connectivity index is 1.74. The number of likely N-dealkylation sites (tertiary alicyclic amines) is 1. The molecule has 0 amide bonds. The number of benzene rings is 1. The molecule has 1 N–H and O–H groups in total. The number of nitrogens with zero attached hydrogens (tertiary/aromatic N) is 1. The Labute approximate surface area is 118 Å². The monoisotopic (exact) mass is 277 g/mol. The predicted octanol–water partition coefficient (Wildman–Crippen LogP) is 1.96. The minimum atomic E-state index is -0.695. The van der Waals surface area contributed by atoms with Crippen molar-refractivity contribution in [2.24, 2.45) is 11.8 Å². The van der Waals surface area contributed by atoms with Crippen LogP contribution in [0.2, 0.25) is 0 Å². The average Bonchev–Trinajstić information content (AvgIpc) is 2.87. The van der Waals surface area contributed by atoms with Gasteiger partial charge in [-0.3, -0.25) is 9.69 Å². The SMILES string of the molecule is CC1CC(C(=O)O)CN(Cc2cccc3c2OCO3)C1. The van der Waals surface area contributed by atoms with Gasteiger partial charge in [-0.05, 0) is 18.4 Å². The van der Waals surface area contributed by atoms with Crippen molar-refractivity contribution in [3.8, 4) is 11.5 Å². The third-order valence-corrected chi connectivity index (χ3v) is 3.96. The van der Waals surface area contributed by atoms with Crippen molar-refractivity contribution >= 4 is 5.97 Å². The Bertz CT molecular complexity index is 517. The first-order valence-electron chi connectivity index (χ1n) is 6.96. The fourth-order valence-electron chi connectivity index (χ4n) is 3.13. The van der Waals surface area contributed by atoms with E-state index in [0.29, 0.717) is 19.0 Å². The van der Waals surface area contributed by atoms with Gasteiger partial charge < -0.3 is 14.6 Å². The molecule has 108 valence electrons. The standard InChI is InChI=1S/C15H19NO4/c1-10-5-12(15(17)18)8-16(6-10)7-11-3-2-4-13-14(11)20-9-19-13/h2-4,10,12H,5-9H2,1H3,(H,17,18). The molecule has 5 nitrogen and oxygen atoms in total. The van der Waals surface area contributed by atoms with Crippen LogP contribution in [0.25, 0.3) is 0 Å². The fourth-order valence-corrected chi connectivity index (χ4v) is 3.13. The molecule has 1 aromatic rings. The lowest BCUT2D eigenvalue weighted by Gasteiger charge is -2.34. The lowest BCUT2D eigenvalue weighted by atomic mass is 9.90. The van der Waals surface area contributed by atoms with Crippen molar-refractivity contribution < 1.29 is 19.4 Å². The van der Waals surface area contributed by atoms with Gasteiger partial charge in [0.1, 0.15) is 0 Å². The van der Waals surface area contributed by atoms with Gasteiger partial charge in [0.2, 0.25) is 6.79 Å². The first-order valence-corrected chi connectivity index (χ1v) is 6.96. The first kappa shape index (κ1) is 13.2. The van der Waals surface area contributed by atoms with Crippen molar-refractivity contribution in [3.63, 3.8) is 0 Å². The zero-order valence-electron chi connectivity index (χ0n) is 11.5. The highest BCUT2D eigenvalue weighted by molar-refractivity contribution is 5.70. The maximum absolute atomic E-state index is 11.2. The molecule has 0 spiro atoms. The van der Waals surface area contributed by atoms with Crippen LogP contribution < -0.4 is 9.47 Å². The Kier molecular flexibility index (Phi) is 3.53. The van der Waals surface area contributed by atoms with E-state index in [9.17, 15) is 9.90 Å². The molecule has 20 heavy (non-hydrogen) atoms. The second-order valence-electron chi connectivity index (χ2n) is 5.72. The van der Waals surface area contributed by atoms with Gasteiger partial charge in [-0.2, -0.15) is 0 Å². The molecule has 2 aliphatic rings. The summed E-state index contributed by atoms with van der Waals surface area (Å²) in [6, 6.07) is 5.86. The number of hydrogen-bond acceptors (Lipinski definition) is 4. The Morgan fingerprint density at radius 2 is 2.25 bits per heavy atom. The van der Waals surface area contributed by atoms with Crippen LogP contribution in [0.1, 0.15) is 18.9 Å². The molecule has 2 unspecified atom stereocenters. The van der Waals surface area contributed by atoms with E-state index in [1.807, 2.05) is 18.2 Å². The van der Waals surface area contributed by atoms with Gasteiger partial charge >= 0.3 is 5.97 Å².